The molecule has 0 bridgehead atoms. The molecule has 1 amide bonds. The number of ether oxygens (including phenoxy) is 1. The summed E-state index contributed by atoms with van der Waals surface area (Å²) >= 11 is 1.34. The van der Waals surface area contributed by atoms with Gasteiger partial charge < -0.3 is 14.6 Å². The predicted octanol–water partition coefficient (Wildman–Crippen LogP) is 6.25. The Morgan fingerprint density at radius 1 is 1.10 bits per heavy atom. The smallest absolute Gasteiger partial charge is 0.406 e. The molecule has 31 heavy (non-hydrogen) atoms. The van der Waals surface area contributed by atoms with Crippen molar-refractivity contribution in [2.75, 3.05) is 11.1 Å². The zero-order valence-corrected chi connectivity index (χ0v) is 17.9. The largest absolute Gasteiger partial charge is 0.573 e. The van der Waals surface area contributed by atoms with Gasteiger partial charge in [-0.3, -0.25) is 4.79 Å². The number of hydrogen-bond acceptors (Lipinski definition) is 4. The van der Waals surface area contributed by atoms with Gasteiger partial charge in [-0.2, -0.15) is 0 Å². The summed E-state index contributed by atoms with van der Waals surface area (Å²) < 4.78 is 42.7. The van der Waals surface area contributed by atoms with Gasteiger partial charge >= 0.3 is 6.36 Å². The van der Waals surface area contributed by atoms with E-state index in [0.717, 1.165) is 54.1 Å². The molecule has 1 aromatic heterocycles. The summed E-state index contributed by atoms with van der Waals surface area (Å²) in [5, 5.41) is 3.46. The number of carbonyl (C=O) groups excluding carboxylic acids is 1. The summed E-state index contributed by atoms with van der Waals surface area (Å²) in [6.07, 6.45) is -0.217. The average molecular weight is 452 g/mol. The van der Waals surface area contributed by atoms with Gasteiger partial charge in [-0.1, -0.05) is 50.1 Å². The van der Waals surface area contributed by atoms with Crippen molar-refractivity contribution in [2.24, 2.45) is 0 Å². The number of aryl methyl sites for hydroxylation is 1. The minimum absolute atomic E-state index is 0.138. The van der Waals surface area contributed by atoms with Crippen molar-refractivity contribution in [3.8, 4) is 5.75 Å². The van der Waals surface area contributed by atoms with Crippen molar-refractivity contribution in [1.82, 2.24) is 9.55 Å². The van der Waals surface area contributed by atoms with E-state index in [1.54, 1.807) is 0 Å². The first-order valence-corrected chi connectivity index (χ1v) is 11.1. The van der Waals surface area contributed by atoms with Crippen LogP contribution in [0.3, 0.4) is 0 Å². The van der Waals surface area contributed by atoms with Gasteiger partial charge in [0.25, 0.3) is 0 Å². The number of benzene rings is 2. The Hall–Kier alpha value is -2.68. The Morgan fingerprint density at radius 2 is 1.84 bits per heavy atom. The molecule has 9 heteroatoms. The number of halogens is 3. The van der Waals surface area contributed by atoms with Crippen molar-refractivity contribution in [2.45, 2.75) is 50.7 Å². The second kappa shape index (κ2) is 10.6. The highest BCUT2D eigenvalue weighted by molar-refractivity contribution is 7.99. The Bertz CT molecular complexity index is 1000. The second-order valence-corrected chi connectivity index (χ2v) is 7.95. The van der Waals surface area contributed by atoms with Gasteiger partial charge in [-0.05, 0) is 42.8 Å². The fourth-order valence-electron chi connectivity index (χ4n) is 3.14. The Kier molecular flexibility index (Phi) is 7.84. The van der Waals surface area contributed by atoms with E-state index in [4.69, 9.17) is 0 Å². The molecule has 3 rings (SSSR count). The summed E-state index contributed by atoms with van der Waals surface area (Å²) in [5.74, 6) is -0.463. The molecule has 3 aromatic rings. The molecule has 0 saturated heterocycles. The van der Waals surface area contributed by atoms with E-state index in [0.29, 0.717) is 5.69 Å². The van der Waals surface area contributed by atoms with Crippen LogP contribution in [-0.2, 0) is 11.3 Å². The van der Waals surface area contributed by atoms with E-state index in [9.17, 15) is 18.0 Å². The first kappa shape index (κ1) is 23.0. The number of anilines is 1. The molecule has 5 nitrogen and oxygen atoms in total. The lowest BCUT2D eigenvalue weighted by Gasteiger charge is -2.10. The number of para-hydroxylation sites is 2. The number of rotatable bonds is 10. The third-order valence-electron chi connectivity index (χ3n) is 4.56. The number of aromatic nitrogens is 2. The molecule has 0 unspecified atom stereocenters. The highest BCUT2D eigenvalue weighted by Crippen LogP contribution is 2.26. The molecular weight excluding hydrogens is 427 g/mol. The normalized spacial score (nSPS) is 11.6. The number of thioether (sulfide) groups is 1. The molecule has 2 aromatic carbocycles. The number of amides is 1. The molecule has 0 aliphatic heterocycles. The summed E-state index contributed by atoms with van der Waals surface area (Å²) in [4.78, 5) is 17.0. The van der Waals surface area contributed by atoms with Crippen molar-refractivity contribution in [3.05, 3.63) is 48.5 Å². The maximum absolute atomic E-state index is 12.3. The molecule has 0 aliphatic carbocycles. The van der Waals surface area contributed by atoms with Crippen LogP contribution in [0.15, 0.2) is 53.7 Å². The van der Waals surface area contributed by atoms with Crippen LogP contribution in [0, 0.1) is 0 Å². The third kappa shape index (κ3) is 6.92. The Balaban J connectivity index is 1.60. The summed E-state index contributed by atoms with van der Waals surface area (Å²) in [6.45, 7) is 3.01. The number of fused-ring (bicyclic) bond motifs is 1. The number of unbranched alkanes of at least 4 members (excludes halogenated alkanes) is 3. The molecule has 166 valence electrons. The lowest BCUT2D eigenvalue weighted by molar-refractivity contribution is -0.274. The standard InChI is InChI=1S/C22H24F3N3O2S/c1-2-3-4-7-14-28-19-9-6-5-8-18(19)27-21(28)31-15-20(29)26-16-10-12-17(13-11-16)30-22(23,24)25/h5-6,8-13H,2-4,7,14-15H2,1H3,(H,26,29). The number of alkyl halides is 3. The highest BCUT2D eigenvalue weighted by atomic mass is 32.2. The number of imidazole rings is 1. The van der Waals surface area contributed by atoms with Crippen molar-refractivity contribution >= 4 is 34.4 Å². The monoisotopic (exact) mass is 451 g/mol. The molecule has 0 radical (unpaired) electrons. The van der Waals surface area contributed by atoms with Gasteiger partial charge in [0.1, 0.15) is 5.75 Å². The molecule has 0 saturated carbocycles. The fourth-order valence-corrected chi connectivity index (χ4v) is 3.98. The Morgan fingerprint density at radius 3 is 2.55 bits per heavy atom. The van der Waals surface area contributed by atoms with E-state index in [1.165, 1.54) is 30.3 Å². The zero-order chi connectivity index (χ0) is 22.3. The molecule has 1 heterocycles. The minimum atomic E-state index is -4.75. The molecule has 0 atom stereocenters. The van der Waals surface area contributed by atoms with Gasteiger partial charge in [-0.15, -0.1) is 13.2 Å². The van der Waals surface area contributed by atoms with Gasteiger partial charge in [0.05, 0.1) is 16.8 Å². The molecule has 0 fully saturated rings. The van der Waals surface area contributed by atoms with E-state index in [-0.39, 0.29) is 17.4 Å². The van der Waals surface area contributed by atoms with Crippen LogP contribution in [0.2, 0.25) is 0 Å². The maximum Gasteiger partial charge on any atom is 0.573 e. The number of nitrogens with one attached hydrogen (secondary N) is 1. The zero-order valence-electron chi connectivity index (χ0n) is 17.1. The Labute approximate surface area is 183 Å². The molecular formula is C22H24F3N3O2S. The van der Waals surface area contributed by atoms with Gasteiger partial charge in [-0.25, -0.2) is 4.98 Å². The quantitative estimate of drug-likeness (QED) is 0.293. The predicted molar refractivity (Wildman–Crippen MR) is 116 cm³/mol. The van der Waals surface area contributed by atoms with E-state index < -0.39 is 6.36 Å². The number of nitrogens with zero attached hydrogens (tertiary/aromatic N) is 2. The van der Waals surface area contributed by atoms with E-state index in [2.05, 4.69) is 26.5 Å². The van der Waals surface area contributed by atoms with Crippen LogP contribution in [-0.4, -0.2) is 27.6 Å². The minimum Gasteiger partial charge on any atom is -0.406 e. The van der Waals surface area contributed by atoms with Crippen molar-refractivity contribution in [1.29, 1.82) is 0 Å². The third-order valence-corrected chi connectivity index (χ3v) is 5.54. The lowest BCUT2D eigenvalue weighted by Crippen LogP contribution is -2.17. The fraction of sp³-hybridized carbons (Fsp3) is 0.364. The van der Waals surface area contributed by atoms with Crippen LogP contribution >= 0.6 is 11.8 Å². The van der Waals surface area contributed by atoms with Crippen LogP contribution in [0.1, 0.15) is 32.6 Å². The van der Waals surface area contributed by atoms with Gasteiger partial charge in [0.2, 0.25) is 5.91 Å². The van der Waals surface area contributed by atoms with Crippen LogP contribution in [0.4, 0.5) is 18.9 Å². The van der Waals surface area contributed by atoms with Crippen LogP contribution in [0.5, 0.6) is 5.75 Å². The lowest BCUT2D eigenvalue weighted by atomic mass is 10.2. The highest BCUT2D eigenvalue weighted by Gasteiger charge is 2.30. The molecule has 1 N–H and O–H groups in total. The van der Waals surface area contributed by atoms with E-state index >= 15 is 0 Å². The van der Waals surface area contributed by atoms with Crippen molar-refractivity contribution < 1.29 is 22.7 Å². The molecule has 0 spiro atoms. The van der Waals surface area contributed by atoms with Crippen LogP contribution < -0.4 is 10.1 Å². The van der Waals surface area contributed by atoms with Gasteiger partial charge in [0, 0.05) is 12.2 Å². The summed E-state index contributed by atoms with van der Waals surface area (Å²) in [6, 6.07) is 12.9. The SMILES string of the molecule is CCCCCCn1c(SCC(=O)Nc2ccc(OC(F)(F)F)cc2)nc2ccccc21. The van der Waals surface area contributed by atoms with Gasteiger partial charge in [0.15, 0.2) is 5.16 Å². The van der Waals surface area contributed by atoms with Crippen molar-refractivity contribution in [3.63, 3.8) is 0 Å². The topological polar surface area (TPSA) is 56.2 Å². The number of hydrogen-bond donors (Lipinski definition) is 1. The summed E-state index contributed by atoms with van der Waals surface area (Å²) in [7, 11) is 0. The first-order chi connectivity index (χ1) is 14.9. The van der Waals surface area contributed by atoms with E-state index in [1.807, 2.05) is 24.3 Å². The maximum atomic E-state index is 12.3. The first-order valence-electron chi connectivity index (χ1n) is 10.1. The average Bonchev–Trinajstić information content (AvgIpc) is 3.08. The molecule has 0 aliphatic rings. The van der Waals surface area contributed by atoms with Crippen LogP contribution in [0.25, 0.3) is 11.0 Å². The summed E-state index contributed by atoms with van der Waals surface area (Å²) in [5.41, 5.74) is 2.33. The number of carbonyl (C=O) groups is 1. The second-order valence-electron chi connectivity index (χ2n) is 7.00.